The van der Waals surface area contributed by atoms with Gasteiger partial charge in [0.25, 0.3) is 5.91 Å². The summed E-state index contributed by atoms with van der Waals surface area (Å²) in [5.74, 6) is 0.438. The largest absolute Gasteiger partial charge is 0.348 e. The minimum atomic E-state index is -3.53. The van der Waals surface area contributed by atoms with Crippen LogP contribution in [0.25, 0.3) is 16.9 Å². The Labute approximate surface area is 173 Å². The molecule has 4 rings (SSSR count). The Morgan fingerprint density at radius 3 is 2.47 bits per heavy atom. The molecule has 9 heteroatoms. The SMILES string of the molecule is CNS(=O)(=O)c1ccc(C(=O)NCc2ccc(-n3cnc4ccccc43)nc2)cc1. The number of rotatable bonds is 6. The molecule has 8 nitrogen and oxygen atoms in total. The lowest BCUT2D eigenvalue weighted by molar-refractivity contribution is 0.0951. The molecule has 0 aliphatic carbocycles. The Balaban J connectivity index is 1.42. The van der Waals surface area contributed by atoms with E-state index in [1.807, 2.05) is 41.0 Å². The number of hydrogen-bond acceptors (Lipinski definition) is 5. The summed E-state index contributed by atoms with van der Waals surface area (Å²) >= 11 is 0. The molecule has 0 fully saturated rings. The van der Waals surface area contributed by atoms with E-state index in [2.05, 4.69) is 20.0 Å². The van der Waals surface area contributed by atoms with Gasteiger partial charge < -0.3 is 5.32 Å². The zero-order chi connectivity index (χ0) is 21.1. The summed E-state index contributed by atoms with van der Waals surface area (Å²) in [7, 11) is -2.19. The summed E-state index contributed by atoms with van der Waals surface area (Å²) in [6, 6.07) is 17.3. The van der Waals surface area contributed by atoms with Crippen LogP contribution in [0.3, 0.4) is 0 Å². The average molecular weight is 421 g/mol. The van der Waals surface area contributed by atoms with Crippen molar-refractivity contribution in [2.45, 2.75) is 11.4 Å². The number of carbonyl (C=O) groups excluding carboxylic acids is 1. The molecule has 1 amide bonds. The molecule has 2 N–H and O–H groups in total. The highest BCUT2D eigenvalue weighted by molar-refractivity contribution is 7.89. The molecule has 0 aliphatic rings. The molecule has 0 saturated heterocycles. The van der Waals surface area contributed by atoms with Crippen molar-refractivity contribution in [3.05, 3.63) is 84.3 Å². The van der Waals surface area contributed by atoms with Crippen LogP contribution in [-0.2, 0) is 16.6 Å². The molecule has 30 heavy (non-hydrogen) atoms. The normalized spacial score (nSPS) is 11.5. The number of nitrogens with one attached hydrogen (secondary N) is 2. The molecular formula is C21H19N5O3S. The molecule has 0 radical (unpaired) electrons. The van der Waals surface area contributed by atoms with Gasteiger partial charge in [-0.05, 0) is 55.1 Å². The van der Waals surface area contributed by atoms with E-state index in [9.17, 15) is 13.2 Å². The second-order valence-corrected chi connectivity index (χ2v) is 8.43. The lowest BCUT2D eigenvalue weighted by atomic mass is 10.2. The third-order valence-electron chi connectivity index (χ3n) is 4.66. The van der Waals surface area contributed by atoms with Gasteiger partial charge in [-0.2, -0.15) is 0 Å². The van der Waals surface area contributed by atoms with E-state index in [-0.39, 0.29) is 10.8 Å². The first-order valence-electron chi connectivity index (χ1n) is 9.17. The van der Waals surface area contributed by atoms with Crippen molar-refractivity contribution in [1.82, 2.24) is 24.6 Å². The summed E-state index contributed by atoms with van der Waals surface area (Å²) in [6.07, 6.45) is 3.43. The Morgan fingerprint density at radius 2 is 1.77 bits per heavy atom. The third-order valence-corrected chi connectivity index (χ3v) is 6.09. The molecule has 0 atom stereocenters. The van der Waals surface area contributed by atoms with Crippen LogP contribution < -0.4 is 10.0 Å². The first-order valence-corrected chi connectivity index (χ1v) is 10.7. The minimum absolute atomic E-state index is 0.105. The van der Waals surface area contributed by atoms with Crippen LogP contribution in [0.4, 0.5) is 0 Å². The number of fused-ring (bicyclic) bond motifs is 1. The highest BCUT2D eigenvalue weighted by Crippen LogP contribution is 2.16. The Kier molecular flexibility index (Phi) is 5.30. The maximum absolute atomic E-state index is 12.3. The molecule has 0 aliphatic heterocycles. The van der Waals surface area contributed by atoms with Gasteiger partial charge in [-0.3, -0.25) is 9.36 Å². The molecule has 4 aromatic rings. The molecule has 0 spiro atoms. The number of sulfonamides is 1. The number of carbonyl (C=O) groups is 1. The topological polar surface area (TPSA) is 106 Å². The van der Waals surface area contributed by atoms with Crippen LogP contribution >= 0.6 is 0 Å². The van der Waals surface area contributed by atoms with Crippen molar-refractivity contribution in [3.63, 3.8) is 0 Å². The van der Waals surface area contributed by atoms with E-state index in [4.69, 9.17) is 0 Å². The number of hydrogen-bond donors (Lipinski definition) is 2. The predicted molar refractivity (Wildman–Crippen MR) is 113 cm³/mol. The average Bonchev–Trinajstić information content (AvgIpc) is 3.22. The van der Waals surface area contributed by atoms with Crippen LogP contribution in [0.2, 0.25) is 0 Å². The smallest absolute Gasteiger partial charge is 0.251 e. The molecule has 0 unspecified atom stereocenters. The van der Waals surface area contributed by atoms with Crippen molar-refractivity contribution in [2.24, 2.45) is 0 Å². The molecule has 2 heterocycles. The quantitative estimate of drug-likeness (QED) is 0.497. The fourth-order valence-electron chi connectivity index (χ4n) is 2.99. The maximum Gasteiger partial charge on any atom is 0.251 e. The first kappa shape index (κ1) is 19.7. The van der Waals surface area contributed by atoms with Gasteiger partial charge in [0.15, 0.2) is 0 Å². The number of benzene rings is 2. The number of pyridine rings is 1. The zero-order valence-corrected chi connectivity index (χ0v) is 16.9. The number of amides is 1. The van der Waals surface area contributed by atoms with Gasteiger partial charge in [0.05, 0.1) is 15.9 Å². The van der Waals surface area contributed by atoms with Crippen LogP contribution in [0, 0.1) is 0 Å². The summed E-state index contributed by atoms with van der Waals surface area (Å²) in [5, 5.41) is 2.81. The van der Waals surface area contributed by atoms with E-state index in [0.29, 0.717) is 12.1 Å². The number of para-hydroxylation sites is 2. The highest BCUT2D eigenvalue weighted by atomic mass is 32.2. The fourth-order valence-corrected chi connectivity index (χ4v) is 3.72. The summed E-state index contributed by atoms with van der Waals surface area (Å²) in [6.45, 7) is 0.299. The molecule has 2 aromatic heterocycles. The van der Waals surface area contributed by atoms with Crippen LogP contribution in [0.1, 0.15) is 15.9 Å². The molecule has 0 bridgehead atoms. The Morgan fingerprint density at radius 1 is 1.00 bits per heavy atom. The third kappa shape index (κ3) is 3.93. The van der Waals surface area contributed by atoms with Gasteiger partial charge in [-0.15, -0.1) is 0 Å². The van der Waals surface area contributed by atoms with Crippen LogP contribution in [-0.4, -0.2) is 35.9 Å². The van der Waals surface area contributed by atoms with Crippen LogP contribution in [0.5, 0.6) is 0 Å². The van der Waals surface area contributed by atoms with E-state index >= 15 is 0 Å². The number of aromatic nitrogens is 3. The molecule has 0 saturated carbocycles. The maximum atomic E-state index is 12.3. The summed E-state index contributed by atoms with van der Waals surface area (Å²) in [5.41, 5.74) is 3.07. The predicted octanol–water partition coefficient (Wildman–Crippen LogP) is 2.26. The second-order valence-electron chi connectivity index (χ2n) is 6.54. The molecular weight excluding hydrogens is 402 g/mol. The molecule has 2 aromatic carbocycles. The van der Waals surface area contributed by atoms with Gasteiger partial charge in [-0.25, -0.2) is 23.1 Å². The Hall–Kier alpha value is -3.56. The summed E-state index contributed by atoms with van der Waals surface area (Å²) in [4.78, 5) is 21.3. The zero-order valence-electron chi connectivity index (χ0n) is 16.1. The van der Waals surface area contributed by atoms with Crippen molar-refractivity contribution < 1.29 is 13.2 Å². The van der Waals surface area contributed by atoms with Gasteiger partial charge >= 0.3 is 0 Å². The minimum Gasteiger partial charge on any atom is -0.348 e. The standard InChI is InChI=1S/C21H19N5O3S/c1-22-30(28,29)17-9-7-16(8-10-17)21(27)24-13-15-6-11-20(23-12-15)26-14-25-18-4-2-3-5-19(18)26/h2-12,14,22H,13H2,1H3,(H,24,27). The number of nitrogens with zero attached hydrogens (tertiary/aromatic N) is 3. The first-order chi connectivity index (χ1) is 14.5. The van der Waals surface area contributed by atoms with Gasteiger partial charge in [0.2, 0.25) is 10.0 Å². The van der Waals surface area contributed by atoms with E-state index < -0.39 is 10.0 Å². The van der Waals surface area contributed by atoms with Crippen molar-refractivity contribution in [2.75, 3.05) is 7.05 Å². The van der Waals surface area contributed by atoms with Gasteiger partial charge in [0.1, 0.15) is 12.1 Å². The van der Waals surface area contributed by atoms with Gasteiger partial charge in [0, 0.05) is 18.3 Å². The van der Waals surface area contributed by atoms with E-state index in [1.165, 1.54) is 31.3 Å². The van der Waals surface area contributed by atoms with Crippen LogP contribution in [0.15, 0.2) is 78.1 Å². The van der Waals surface area contributed by atoms with E-state index in [0.717, 1.165) is 22.4 Å². The van der Waals surface area contributed by atoms with Crippen molar-refractivity contribution in [1.29, 1.82) is 0 Å². The monoisotopic (exact) mass is 421 g/mol. The van der Waals surface area contributed by atoms with E-state index in [1.54, 1.807) is 12.5 Å². The fraction of sp³-hybridized carbons (Fsp3) is 0.0952. The Bertz CT molecular complexity index is 1300. The number of imidazole rings is 1. The highest BCUT2D eigenvalue weighted by Gasteiger charge is 2.12. The van der Waals surface area contributed by atoms with Crippen molar-refractivity contribution in [3.8, 4) is 5.82 Å². The van der Waals surface area contributed by atoms with Gasteiger partial charge in [-0.1, -0.05) is 18.2 Å². The summed E-state index contributed by atoms with van der Waals surface area (Å²) < 4.78 is 27.6. The lowest BCUT2D eigenvalue weighted by Crippen LogP contribution is -2.23. The molecule has 152 valence electrons. The van der Waals surface area contributed by atoms with Crippen molar-refractivity contribution >= 4 is 27.0 Å². The second kappa shape index (κ2) is 8.05. The lowest BCUT2D eigenvalue weighted by Gasteiger charge is -2.08.